The summed E-state index contributed by atoms with van der Waals surface area (Å²) in [6.45, 7) is 3.48. The number of amides is 1. The molecule has 5 heteroatoms. The summed E-state index contributed by atoms with van der Waals surface area (Å²) in [5.41, 5.74) is 1.87. The van der Waals surface area contributed by atoms with Gasteiger partial charge in [0, 0.05) is 10.2 Å². The molecule has 0 aliphatic rings. The lowest BCUT2D eigenvalue weighted by molar-refractivity contribution is 0.102. The quantitative estimate of drug-likeness (QED) is 0.808. The molecule has 2 rings (SSSR count). The van der Waals surface area contributed by atoms with Crippen LogP contribution in [0, 0.1) is 19.7 Å². The Bertz CT molecular complexity index is 686. The van der Waals surface area contributed by atoms with E-state index in [4.69, 9.17) is 0 Å². The van der Waals surface area contributed by atoms with Crippen LogP contribution in [0.15, 0.2) is 34.8 Å². The minimum absolute atomic E-state index is 0.0293. The van der Waals surface area contributed by atoms with Gasteiger partial charge in [0.2, 0.25) is 0 Å². The standard InChI is InChI=1S/C15H13BrFNO2/c1-8-6-14(19)9(2)5-13(8)18-15(20)11-4-3-10(16)7-12(11)17/h3-7,19H,1-2H3,(H,18,20). The lowest BCUT2D eigenvalue weighted by Gasteiger charge is -2.11. The van der Waals surface area contributed by atoms with Gasteiger partial charge in [0.15, 0.2) is 0 Å². The van der Waals surface area contributed by atoms with Crippen LogP contribution in [-0.2, 0) is 0 Å². The van der Waals surface area contributed by atoms with Crippen LogP contribution in [0.5, 0.6) is 5.75 Å². The Balaban J connectivity index is 2.30. The van der Waals surface area contributed by atoms with E-state index in [1.807, 2.05) is 0 Å². The summed E-state index contributed by atoms with van der Waals surface area (Å²) < 4.78 is 14.3. The zero-order valence-electron chi connectivity index (χ0n) is 11.0. The predicted molar refractivity (Wildman–Crippen MR) is 79.6 cm³/mol. The number of rotatable bonds is 2. The van der Waals surface area contributed by atoms with E-state index in [2.05, 4.69) is 21.2 Å². The number of aryl methyl sites for hydroxylation is 2. The second-order valence-electron chi connectivity index (χ2n) is 4.53. The number of carbonyl (C=O) groups is 1. The van der Waals surface area contributed by atoms with Gasteiger partial charge in [0.25, 0.3) is 5.91 Å². The Hall–Kier alpha value is -1.88. The van der Waals surface area contributed by atoms with Crippen molar-refractivity contribution in [1.82, 2.24) is 0 Å². The number of anilines is 1. The van der Waals surface area contributed by atoms with Gasteiger partial charge in [-0.15, -0.1) is 0 Å². The molecule has 0 aliphatic carbocycles. The second kappa shape index (κ2) is 5.63. The van der Waals surface area contributed by atoms with Crippen LogP contribution >= 0.6 is 15.9 Å². The topological polar surface area (TPSA) is 49.3 Å². The first-order valence-corrected chi connectivity index (χ1v) is 6.74. The van der Waals surface area contributed by atoms with Gasteiger partial charge >= 0.3 is 0 Å². The maximum Gasteiger partial charge on any atom is 0.258 e. The van der Waals surface area contributed by atoms with E-state index in [0.29, 0.717) is 21.3 Å². The fourth-order valence-electron chi connectivity index (χ4n) is 1.80. The maximum absolute atomic E-state index is 13.7. The molecule has 2 N–H and O–H groups in total. The summed E-state index contributed by atoms with van der Waals surface area (Å²) in [5.74, 6) is -0.955. The molecule has 0 spiro atoms. The van der Waals surface area contributed by atoms with Crippen LogP contribution in [0.2, 0.25) is 0 Å². The SMILES string of the molecule is Cc1cc(NC(=O)c2ccc(Br)cc2F)c(C)cc1O. The first-order chi connectivity index (χ1) is 9.38. The number of phenolic OH excluding ortho intramolecular Hbond substituents is 1. The Morgan fingerprint density at radius 3 is 2.55 bits per heavy atom. The second-order valence-corrected chi connectivity index (χ2v) is 5.45. The number of phenols is 1. The van der Waals surface area contributed by atoms with Gasteiger partial charge in [-0.1, -0.05) is 15.9 Å². The molecule has 1 amide bonds. The molecule has 0 bridgehead atoms. The van der Waals surface area contributed by atoms with Crippen LogP contribution < -0.4 is 5.32 Å². The lowest BCUT2D eigenvalue weighted by atomic mass is 10.1. The molecule has 20 heavy (non-hydrogen) atoms. The molecule has 0 saturated carbocycles. The van der Waals surface area contributed by atoms with Crippen LogP contribution in [0.25, 0.3) is 0 Å². The third-order valence-corrected chi connectivity index (χ3v) is 3.46. The van der Waals surface area contributed by atoms with Crippen molar-refractivity contribution >= 4 is 27.5 Å². The van der Waals surface area contributed by atoms with Crippen molar-refractivity contribution in [3.8, 4) is 5.75 Å². The maximum atomic E-state index is 13.7. The van der Waals surface area contributed by atoms with Crippen molar-refractivity contribution in [3.63, 3.8) is 0 Å². The number of nitrogens with one attached hydrogen (secondary N) is 1. The van der Waals surface area contributed by atoms with E-state index >= 15 is 0 Å². The van der Waals surface area contributed by atoms with Gasteiger partial charge in [0.1, 0.15) is 11.6 Å². The molecule has 2 aromatic rings. The Morgan fingerprint density at radius 2 is 1.90 bits per heavy atom. The number of hydrogen-bond donors (Lipinski definition) is 2. The summed E-state index contributed by atoms with van der Waals surface area (Å²) in [6.07, 6.45) is 0. The number of halogens is 2. The molecule has 3 nitrogen and oxygen atoms in total. The molecule has 2 aromatic carbocycles. The van der Waals surface area contributed by atoms with E-state index in [1.54, 1.807) is 32.0 Å². The predicted octanol–water partition coefficient (Wildman–Crippen LogP) is 4.16. The van der Waals surface area contributed by atoms with Crippen molar-refractivity contribution in [2.75, 3.05) is 5.32 Å². The normalized spacial score (nSPS) is 10.4. The lowest BCUT2D eigenvalue weighted by Crippen LogP contribution is -2.14. The minimum Gasteiger partial charge on any atom is -0.508 e. The largest absolute Gasteiger partial charge is 0.508 e. The van der Waals surface area contributed by atoms with Crippen molar-refractivity contribution in [3.05, 3.63) is 57.3 Å². The number of carbonyl (C=O) groups excluding carboxylic acids is 1. The highest BCUT2D eigenvalue weighted by atomic mass is 79.9. The van der Waals surface area contributed by atoms with Crippen molar-refractivity contribution in [1.29, 1.82) is 0 Å². The van der Waals surface area contributed by atoms with E-state index in [1.165, 1.54) is 12.1 Å². The van der Waals surface area contributed by atoms with Crippen LogP contribution in [0.1, 0.15) is 21.5 Å². The zero-order valence-corrected chi connectivity index (χ0v) is 12.6. The number of hydrogen-bond acceptors (Lipinski definition) is 2. The van der Waals surface area contributed by atoms with Crippen molar-refractivity contribution in [2.24, 2.45) is 0 Å². The molecule has 0 unspecified atom stereocenters. The average molecular weight is 338 g/mol. The third-order valence-electron chi connectivity index (χ3n) is 2.97. The number of benzene rings is 2. The van der Waals surface area contributed by atoms with Gasteiger partial charge in [-0.25, -0.2) is 4.39 Å². The molecular formula is C15H13BrFNO2. The summed E-state index contributed by atoms with van der Waals surface area (Å²) in [4.78, 5) is 12.1. The van der Waals surface area contributed by atoms with Crippen LogP contribution in [0.4, 0.5) is 10.1 Å². The number of aromatic hydroxyl groups is 1. The molecule has 104 valence electrons. The molecule has 0 saturated heterocycles. The fraction of sp³-hybridized carbons (Fsp3) is 0.133. The summed E-state index contributed by atoms with van der Waals surface area (Å²) in [7, 11) is 0. The Morgan fingerprint density at radius 1 is 1.20 bits per heavy atom. The highest BCUT2D eigenvalue weighted by molar-refractivity contribution is 9.10. The van der Waals surface area contributed by atoms with Crippen molar-refractivity contribution < 1.29 is 14.3 Å². The Kier molecular flexibility index (Phi) is 4.09. The summed E-state index contributed by atoms with van der Waals surface area (Å²) in [6, 6.07) is 7.47. The van der Waals surface area contributed by atoms with Gasteiger partial charge in [-0.3, -0.25) is 4.79 Å². The molecule has 0 aliphatic heterocycles. The fourth-order valence-corrected chi connectivity index (χ4v) is 2.13. The van der Waals surface area contributed by atoms with Gasteiger partial charge in [-0.05, 0) is 55.3 Å². The average Bonchev–Trinajstić information content (AvgIpc) is 2.35. The van der Waals surface area contributed by atoms with Crippen molar-refractivity contribution in [2.45, 2.75) is 13.8 Å². The van der Waals surface area contributed by atoms with E-state index in [0.717, 1.165) is 0 Å². The first-order valence-electron chi connectivity index (χ1n) is 5.95. The molecule has 0 radical (unpaired) electrons. The molecule has 0 heterocycles. The van der Waals surface area contributed by atoms with Gasteiger partial charge < -0.3 is 10.4 Å². The van der Waals surface area contributed by atoms with E-state index < -0.39 is 11.7 Å². The third kappa shape index (κ3) is 2.99. The molecular weight excluding hydrogens is 325 g/mol. The highest BCUT2D eigenvalue weighted by Gasteiger charge is 2.13. The minimum atomic E-state index is -0.593. The van der Waals surface area contributed by atoms with Crippen LogP contribution in [0.3, 0.4) is 0 Å². The van der Waals surface area contributed by atoms with E-state index in [9.17, 15) is 14.3 Å². The van der Waals surface area contributed by atoms with Gasteiger partial charge in [-0.2, -0.15) is 0 Å². The highest BCUT2D eigenvalue weighted by Crippen LogP contribution is 2.25. The van der Waals surface area contributed by atoms with Crippen LogP contribution in [-0.4, -0.2) is 11.0 Å². The zero-order chi connectivity index (χ0) is 14.9. The smallest absolute Gasteiger partial charge is 0.258 e. The van der Waals surface area contributed by atoms with Gasteiger partial charge in [0.05, 0.1) is 5.56 Å². The molecule has 0 aromatic heterocycles. The summed E-state index contributed by atoms with van der Waals surface area (Å²) in [5, 5.41) is 12.2. The Labute approximate surface area is 124 Å². The molecule has 0 fully saturated rings. The van der Waals surface area contributed by atoms with E-state index in [-0.39, 0.29) is 11.3 Å². The monoisotopic (exact) mass is 337 g/mol. The molecule has 0 atom stereocenters. The first kappa shape index (κ1) is 14.5. The summed E-state index contributed by atoms with van der Waals surface area (Å²) >= 11 is 3.14.